The van der Waals surface area contributed by atoms with Gasteiger partial charge in [0, 0.05) is 25.9 Å². The fourth-order valence-corrected chi connectivity index (χ4v) is 2.81. The van der Waals surface area contributed by atoms with E-state index in [0.29, 0.717) is 19.4 Å². The summed E-state index contributed by atoms with van der Waals surface area (Å²) in [4.78, 5) is 28.1. The number of hydrogen-bond donors (Lipinski definition) is 0. The molecule has 0 aromatic rings. The van der Waals surface area contributed by atoms with Gasteiger partial charge < -0.3 is 4.90 Å². The number of carbonyl (C=O) groups excluding carboxylic acids is 2. The van der Waals surface area contributed by atoms with Crippen molar-refractivity contribution in [3.8, 4) is 0 Å². The molecule has 0 radical (unpaired) electrons. The van der Waals surface area contributed by atoms with E-state index in [1.807, 2.05) is 0 Å². The van der Waals surface area contributed by atoms with E-state index < -0.39 is 0 Å². The maximum absolute atomic E-state index is 12.2. The summed E-state index contributed by atoms with van der Waals surface area (Å²) in [7, 11) is 0. The van der Waals surface area contributed by atoms with Crippen molar-refractivity contribution in [1.82, 2.24) is 9.80 Å². The first-order valence-corrected chi connectivity index (χ1v) is 7.57. The zero-order valence-corrected chi connectivity index (χ0v) is 12.9. The van der Waals surface area contributed by atoms with Crippen LogP contribution in [0.15, 0.2) is 0 Å². The fraction of sp³-hybridized carbons (Fsp3) is 0.867. The van der Waals surface area contributed by atoms with Crippen molar-refractivity contribution in [2.24, 2.45) is 5.41 Å². The Bertz CT molecular complexity index is 300. The van der Waals surface area contributed by atoms with Gasteiger partial charge in [-0.2, -0.15) is 0 Å². The lowest BCUT2D eigenvalue weighted by atomic mass is 9.73. The van der Waals surface area contributed by atoms with E-state index in [1.54, 1.807) is 0 Å². The van der Waals surface area contributed by atoms with Crippen LogP contribution in [0.2, 0.25) is 0 Å². The van der Waals surface area contributed by atoms with Gasteiger partial charge in [-0.3, -0.25) is 14.5 Å². The maximum atomic E-state index is 12.2. The molecule has 0 atom stereocenters. The van der Waals surface area contributed by atoms with E-state index in [-0.39, 0.29) is 17.2 Å². The van der Waals surface area contributed by atoms with Gasteiger partial charge in [0.1, 0.15) is 0 Å². The minimum Gasteiger partial charge on any atom is -0.302 e. The van der Waals surface area contributed by atoms with Crippen molar-refractivity contribution in [3.63, 3.8) is 0 Å². The molecule has 1 aliphatic heterocycles. The largest absolute Gasteiger partial charge is 0.302 e. The second kappa shape index (κ2) is 7.04. The smallest absolute Gasteiger partial charge is 0.229 e. The molecule has 2 amide bonds. The zero-order valence-electron chi connectivity index (χ0n) is 12.9. The van der Waals surface area contributed by atoms with Crippen molar-refractivity contribution < 1.29 is 9.59 Å². The number of amides is 2. The topological polar surface area (TPSA) is 40.6 Å². The second-order valence-corrected chi connectivity index (χ2v) is 5.53. The molecule has 1 heterocycles. The summed E-state index contributed by atoms with van der Waals surface area (Å²) in [6.07, 6.45) is 2.88. The van der Waals surface area contributed by atoms with Crippen LogP contribution in [-0.2, 0) is 9.59 Å². The van der Waals surface area contributed by atoms with E-state index in [2.05, 4.69) is 32.6 Å². The number of imide groups is 1. The molecule has 19 heavy (non-hydrogen) atoms. The van der Waals surface area contributed by atoms with Crippen LogP contribution in [0.5, 0.6) is 0 Å². The highest BCUT2D eigenvalue weighted by Gasteiger charge is 2.41. The molecule has 110 valence electrons. The molecule has 0 aromatic carbocycles. The van der Waals surface area contributed by atoms with Crippen molar-refractivity contribution >= 4 is 11.8 Å². The van der Waals surface area contributed by atoms with Crippen LogP contribution in [0, 0.1) is 5.41 Å². The summed E-state index contributed by atoms with van der Waals surface area (Å²) in [6, 6.07) is 0. The zero-order chi connectivity index (χ0) is 14.5. The lowest BCUT2D eigenvalue weighted by Crippen LogP contribution is -2.50. The van der Waals surface area contributed by atoms with E-state index in [1.165, 1.54) is 4.90 Å². The predicted octanol–water partition coefficient (Wildman–Crippen LogP) is 2.28. The number of piperidine rings is 1. The number of carbonyl (C=O) groups is 2. The van der Waals surface area contributed by atoms with Gasteiger partial charge in [-0.25, -0.2) is 0 Å². The Hall–Kier alpha value is -0.900. The van der Waals surface area contributed by atoms with E-state index in [0.717, 1.165) is 32.5 Å². The van der Waals surface area contributed by atoms with Crippen LogP contribution in [0.1, 0.15) is 53.4 Å². The van der Waals surface area contributed by atoms with Gasteiger partial charge in [-0.05, 0) is 31.3 Å². The van der Waals surface area contributed by atoms with Gasteiger partial charge in [-0.15, -0.1) is 0 Å². The van der Waals surface area contributed by atoms with Crippen LogP contribution in [-0.4, -0.2) is 47.8 Å². The molecule has 1 aliphatic rings. The molecule has 1 fully saturated rings. The Morgan fingerprint density at radius 3 is 1.84 bits per heavy atom. The van der Waals surface area contributed by atoms with Crippen LogP contribution in [0.4, 0.5) is 0 Å². The predicted molar refractivity (Wildman–Crippen MR) is 76.8 cm³/mol. The summed E-state index contributed by atoms with van der Waals surface area (Å²) in [5.41, 5.74) is -0.0835. The van der Waals surface area contributed by atoms with Crippen LogP contribution in [0.25, 0.3) is 0 Å². The quantitative estimate of drug-likeness (QED) is 0.665. The molecule has 0 saturated carbocycles. The molecule has 0 bridgehead atoms. The molecular formula is C15H28N2O2. The van der Waals surface area contributed by atoms with Gasteiger partial charge in [0.15, 0.2) is 0 Å². The Labute approximate surface area is 117 Å². The number of hydrogen-bond acceptors (Lipinski definition) is 3. The van der Waals surface area contributed by atoms with Crippen LogP contribution in [0.3, 0.4) is 0 Å². The van der Waals surface area contributed by atoms with Crippen LogP contribution < -0.4 is 0 Å². The Morgan fingerprint density at radius 2 is 1.47 bits per heavy atom. The molecule has 0 N–H and O–H groups in total. The maximum Gasteiger partial charge on any atom is 0.229 e. The average Bonchev–Trinajstić information content (AvgIpc) is 2.41. The summed E-state index contributed by atoms with van der Waals surface area (Å²) in [5.74, 6) is 0.0409. The first-order chi connectivity index (χ1) is 9.01. The van der Waals surface area contributed by atoms with E-state index in [4.69, 9.17) is 0 Å². The third kappa shape index (κ3) is 3.78. The normalized spacial score (nSPS) is 19.3. The van der Waals surface area contributed by atoms with Crippen molar-refractivity contribution in [3.05, 3.63) is 0 Å². The standard InChI is InChI=1S/C15H28N2O2/c1-5-15(6-2)11-13(18)17(14(19)12-15)10-9-16(7-3)8-4/h5-12H2,1-4H3. The minimum atomic E-state index is -0.0835. The Morgan fingerprint density at radius 1 is 1.00 bits per heavy atom. The molecule has 0 unspecified atom stereocenters. The lowest BCUT2D eigenvalue weighted by molar-refractivity contribution is -0.154. The number of likely N-dealkylation sites (tertiary alicyclic amines) is 1. The number of likely N-dealkylation sites (N-methyl/N-ethyl adjacent to an activating group) is 1. The average molecular weight is 268 g/mol. The second-order valence-electron chi connectivity index (χ2n) is 5.53. The molecule has 4 nitrogen and oxygen atoms in total. The van der Waals surface area contributed by atoms with Crippen molar-refractivity contribution in [1.29, 1.82) is 0 Å². The van der Waals surface area contributed by atoms with Crippen molar-refractivity contribution in [2.75, 3.05) is 26.2 Å². The molecule has 1 saturated heterocycles. The molecule has 4 heteroatoms. The highest BCUT2D eigenvalue weighted by atomic mass is 16.2. The first kappa shape index (κ1) is 16.2. The fourth-order valence-electron chi connectivity index (χ4n) is 2.81. The molecule has 0 aliphatic carbocycles. The highest BCUT2D eigenvalue weighted by molar-refractivity contribution is 5.98. The van der Waals surface area contributed by atoms with Crippen molar-refractivity contribution in [2.45, 2.75) is 53.4 Å². The number of rotatable bonds is 7. The Balaban J connectivity index is 2.63. The molecule has 0 spiro atoms. The monoisotopic (exact) mass is 268 g/mol. The SMILES string of the molecule is CCN(CC)CCN1C(=O)CC(CC)(CC)CC1=O. The van der Waals surface area contributed by atoms with Gasteiger partial charge in [-0.1, -0.05) is 27.7 Å². The summed E-state index contributed by atoms with van der Waals surface area (Å²) < 4.78 is 0. The highest BCUT2D eigenvalue weighted by Crippen LogP contribution is 2.38. The van der Waals surface area contributed by atoms with E-state index >= 15 is 0 Å². The van der Waals surface area contributed by atoms with E-state index in [9.17, 15) is 9.59 Å². The molecule has 1 rings (SSSR count). The molecular weight excluding hydrogens is 240 g/mol. The summed E-state index contributed by atoms with van der Waals surface area (Å²) in [5, 5.41) is 0. The lowest BCUT2D eigenvalue weighted by Gasteiger charge is -2.39. The van der Waals surface area contributed by atoms with Gasteiger partial charge in [0.05, 0.1) is 0 Å². The van der Waals surface area contributed by atoms with Gasteiger partial charge in [0.2, 0.25) is 11.8 Å². The third-order valence-corrected chi connectivity index (χ3v) is 4.69. The van der Waals surface area contributed by atoms with Gasteiger partial charge >= 0.3 is 0 Å². The molecule has 0 aromatic heterocycles. The summed E-state index contributed by atoms with van der Waals surface area (Å²) >= 11 is 0. The Kier molecular flexibility index (Phi) is 5.98. The first-order valence-electron chi connectivity index (χ1n) is 7.57. The third-order valence-electron chi connectivity index (χ3n) is 4.69. The summed E-state index contributed by atoms with van der Waals surface area (Å²) in [6.45, 7) is 11.6. The van der Waals surface area contributed by atoms with Gasteiger partial charge in [0.25, 0.3) is 0 Å². The number of nitrogens with zero attached hydrogens (tertiary/aromatic N) is 2. The minimum absolute atomic E-state index is 0.0205. The van der Waals surface area contributed by atoms with Crippen LogP contribution >= 0.6 is 0 Å².